The number of carbonyl (C=O) groups is 2. The van der Waals surface area contributed by atoms with Gasteiger partial charge in [-0.1, -0.05) is 18.2 Å². The number of nitrogens with two attached hydrogens (primary N) is 1. The zero-order valence-corrected chi connectivity index (χ0v) is 18.3. The van der Waals surface area contributed by atoms with Gasteiger partial charge in [0.1, 0.15) is 11.6 Å². The zero-order valence-electron chi connectivity index (χ0n) is 18.3. The summed E-state index contributed by atoms with van der Waals surface area (Å²) in [5, 5.41) is 8.92. The second-order valence-corrected chi connectivity index (χ2v) is 7.54. The summed E-state index contributed by atoms with van der Waals surface area (Å²) < 4.78 is 18.7. The van der Waals surface area contributed by atoms with Gasteiger partial charge < -0.3 is 31.3 Å². The maximum absolute atomic E-state index is 13.5. The normalized spacial score (nSPS) is 13.3. The number of anilines is 4. The van der Waals surface area contributed by atoms with Crippen LogP contribution in [0.3, 0.4) is 0 Å². The SMILES string of the molecule is NC(=O)c1cnc(Nc2cccc(NC(=O)N3CCOCC3)c2)nc1NCc1cccc(F)c1. The van der Waals surface area contributed by atoms with Crippen molar-refractivity contribution in [1.29, 1.82) is 0 Å². The molecule has 0 saturated carbocycles. The van der Waals surface area contributed by atoms with Crippen LogP contribution in [0.1, 0.15) is 15.9 Å². The minimum absolute atomic E-state index is 0.105. The number of benzene rings is 2. The molecular weight excluding hydrogens is 441 g/mol. The van der Waals surface area contributed by atoms with E-state index in [2.05, 4.69) is 25.9 Å². The van der Waals surface area contributed by atoms with Crippen LogP contribution in [-0.2, 0) is 11.3 Å². The van der Waals surface area contributed by atoms with Crippen molar-refractivity contribution in [1.82, 2.24) is 14.9 Å². The van der Waals surface area contributed by atoms with Crippen molar-refractivity contribution >= 4 is 35.1 Å². The number of amides is 3. The van der Waals surface area contributed by atoms with Crippen LogP contribution in [0.4, 0.5) is 32.3 Å². The number of morpholine rings is 1. The molecule has 0 spiro atoms. The van der Waals surface area contributed by atoms with Gasteiger partial charge in [0.15, 0.2) is 0 Å². The number of ether oxygens (including phenoxy) is 1. The smallest absolute Gasteiger partial charge is 0.322 e. The Kier molecular flexibility index (Phi) is 7.13. The Balaban J connectivity index is 1.46. The third kappa shape index (κ3) is 5.95. The zero-order chi connectivity index (χ0) is 23.9. The van der Waals surface area contributed by atoms with Crippen LogP contribution >= 0.6 is 0 Å². The molecule has 0 bridgehead atoms. The second kappa shape index (κ2) is 10.6. The molecular formula is C23H24FN7O3. The van der Waals surface area contributed by atoms with Crippen LogP contribution in [0.15, 0.2) is 54.7 Å². The first-order valence-electron chi connectivity index (χ1n) is 10.6. The molecule has 10 nitrogen and oxygen atoms in total. The molecule has 1 aliphatic heterocycles. The molecule has 1 fully saturated rings. The van der Waals surface area contributed by atoms with Gasteiger partial charge >= 0.3 is 6.03 Å². The highest BCUT2D eigenvalue weighted by Gasteiger charge is 2.17. The number of nitrogens with zero attached hydrogens (tertiary/aromatic N) is 3. The van der Waals surface area contributed by atoms with Crippen molar-refractivity contribution in [3.05, 3.63) is 71.7 Å². The first kappa shape index (κ1) is 22.9. The molecule has 2 aromatic carbocycles. The number of carbonyl (C=O) groups excluding carboxylic acids is 2. The highest BCUT2D eigenvalue weighted by molar-refractivity contribution is 5.97. The van der Waals surface area contributed by atoms with E-state index in [1.165, 1.54) is 18.3 Å². The predicted molar refractivity (Wildman–Crippen MR) is 125 cm³/mol. The summed E-state index contributed by atoms with van der Waals surface area (Å²) >= 11 is 0. The summed E-state index contributed by atoms with van der Waals surface area (Å²) in [6, 6.07) is 12.9. The van der Waals surface area contributed by atoms with Crippen molar-refractivity contribution in [2.75, 3.05) is 42.3 Å². The van der Waals surface area contributed by atoms with Crippen LogP contribution < -0.4 is 21.7 Å². The lowest BCUT2D eigenvalue weighted by molar-refractivity contribution is 0.0564. The van der Waals surface area contributed by atoms with Crippen LogP contribution in [-0.4, -0.2) is 53.1 Å². The fourth-order valence-electron chi connectivity index (χ4n) is 3.36. The van der Waals surface area contributed by atoms with E-state index in [4.69, 9.17) is 10.5 Å². The Hall–Kier alpha value is -4.25. The first-order valence-corrected chi connectivity index (χ1v) is 10.6. The Morgan fingerprint density at radius 1 is 1.09 bits per heavy atom. The summed E-state index contributed by atoms with van der Waals surface area (Å²) in [6.07, 6.45) is 1.32. The molecule has 1 aliphatic rings. The lowest BCUT2D eigenvalue weighted by atomic mass is 10.2. The van der Waals surface area contributed by atoms with E-state index >= 15 is 0 Å². The fourth-order valence-corrected chi connectivity index (χ4v) is 3.36. The standard InChI is InChI=1S/C23H24FN7O3/c24-16-4-1-3-15(11-16)13-26-21-19(20(25)32)14-27-22(30-21)28-17-5-2-6-18(12-17)29-23(33)31-7-9-34-10-8-31/h1-6,11-12,14H,7-10,13H2,(H2,25,32)(H,29,33)(H2,26,27,28,30). The molecule has 11 heteroatoms. The number of hydrogen-bond donors (Lipinski definition) is 4. The number of halogens is 1. The van der Waals surface area contributed by atoms with Crippen molar-refractivity contribution in [3.63, 3.8) is 0 Å². The van der Waals surface area contributed by atoms with Gasteiger partial charge in [0, 0.05) is 37.2 Å². The quantitative estimate of drug-likeness (QED) is 0.421. The Labute approximate surface area is 195 Å². The van der Waals surface area contributed by atoms with Gasteiger partial charge in [0.25, 0.3) is 5.91 Å². The van der Waals surface area contributed by atoms with E-state index in [0.717, 1.165) is 0 Å². The highest BCUT2D eigenvalue weighted by Crippen LogP contribution is 2.21. The van der Waals surface area contributed by atoms with Gasteiger partial charge in [0.2, 0.25) is 5.95 Å². The molecule has 3 amide bonds. The predicted octanol–water partition coefficient (Wildman–Crippen LogP) is 2.93. The van der Waals surface area contributed by atoms with Crippen molar-refractivity contribution in [2.24, 2.45) is 5.73 Å². The first-order chi connectivity index (χ1) is 16.5. The molecule has 5 N–H and O–H groups in total. The van der Waals surface area contributed by atoms with Gasteiger partial charge in [-0.3, -0.25) is 4.79 Å². The number of aromatic nitrogens is 2. The average molecular weight is 465 g/mol. The third-order valence-electron chi connectivity index (χ3n) is 5.07. The van der Waals surface area contributed by atoms with Crippen molar-refractivity contribution < 1.29 is 18.7 Å². The fraction of sp³-hybridized carbons (Fsp3) is 0.217. The molecule has 3 aromatic rings. The largest absolute Gasteiger partial charge is 0.378 e. The van der Waals surface area contributed by atoms with Crippen LogP contribution in [0, 0.1) is 5.82 Å². The molecule has 176 valence electrons. The minimum atomic E-state index is -0.693. The number of rotatable bonds is 7. The Morgan fingerprint density at radius 3 is 2.62 bits per heavy atom. The van der Waals surface area contributed by atoms with Crippen molar-refractivity contribution in [2.45, 2.75) is 6.54 Å². The number of nitrogens with one attached hydrogen (secondary N) is 3. The molecule has 0 aliphatic carbocycles. The number of urea groups is 1. The maximum Gasteiger partial charge on any atom is 0.322 e. The lowest BCUT2D eigenvalue weighted by Crippen LogP contribution is -2.43. The Morgan fingerprint density at radius 2 is 1.85 bits per heavy atom. The van der Waals surface area contributed by atoms with Crippen molar-refractivity contribution in [3.8, 4) is 0 Å². The summed E-state index contributed by atoms with van der Waals surface area (Å²) in [4.78, 5) is 34.4. The summed E-state index contributed by atoms with van der Waals surface area (Å²) in [7, 11) is 0. The molecule has 0 atom stereocenters. The summed E-state index contributed by atoms with van der Waals surface area (Å²) in [5.41, 5.74) is 7.45. The molecule has 1 saturated heterocycles. The van der Waals surface area contributed by atoms with E-state index in [9.17, 15) is 14.0 Å². The van der Waals surface area contributed by atoms with Gasteiger partial charge in [-0.15, -0.1) is 0 Å². The monoisotopic (exact) mass is 465 g/mol. The van der Waals surface area contributed by atoms with Gasteiger partial charge in [0.05, 0.1) is 18.8 Å². The highest BCUT2D eigenvalue weighted by atomic mass is 19.1. The van der Waals surface area contributed by atoms with Crippen LogP contribution in [0.2, 0.25) is 0 Å². The van der Waals surface area contributed by atoms with E-state index < -0.39 is 5.91 Å². The van der Waals surface area contributed by atoms with Crippen LogP contribution in [0.5, 0.6) is 0 Å². The molecule has 4 rings (SSSR count). The average Bonchev–Trinajstić information content (AvgIpc) is 2.83. The summed E-state index contributed by atoms with van der Waals surface area (Å²) in [5.74, 6) is -0.629. The maximum atomic E-state index is 13.5. The van der Waals surface area contributed by atoms with Gasteiger partial charge in [-0.05, 0) is 35.9 Å². The van der Waals surface area contributed by atoms with E-state index in [1.54, 1.807) is 41.3 Å². The molecule has 0 radical (unpaired) electrons. The number of primary amides is 1. The molecule has 34 heavy (non-hydrogen) atoms. The molecule has 2 heterocycles. The van der Waals surface area contributed by atoms with E-state index in [0.29, 0.717) is 43.2 Å². The lowest BCUT2D eigenvalue weighted by Gasteiger charge is -2.27. The third-order valence-corrected chi connectivity index (χ3v) is 5.07. The topological polar surface area (TPSA) is 134 Å². The van der Waals surface area contributed by atoms with E-state index in [-0.39, 0.29) is 35.7 Å². The van der Waals surface area contributed by atoms with Crippen LogP contribution in [0.25, 0.3) is 0 Å². The van der Waals surface area contributed by atoms with E-state index in [1.807, 2.05) is 0 Å². The summed E-state index contributed by atoms with van der Waals surface area (Å²) in [6.45, 7) is 2.34. The molecule has 0 unspecified atom stereocenters. The van der Waals surface area contributed by atoms with Gasteiger partial charge in [-0.2, -0.15) is 4.98 Å². The number of hydrogen-bond acceptors (Lipinski definition) is 7. The van der Waals surface area contributed by atoms with Gasteiger partial charge in [-0.25, -0.2) is 14.2 Å². The minimum Gasteiger partial charge on any atom is -0.378 e. The Bertz CT molecular complexity index is 1180. The molecule has 1 aromatic heterocycles. The second-order valence-electron chi connectivity index (χ2n) is 7.54.